The summed E-state index contributed by atoms with van der Waals surface area (Å²) in [6.45, 7) is 0.716. The molecule has 0 spiro atoms. The smallest absolute Gasteiger partial charge is 0.303 e. The summed E-state index contributed by atoms with van der Waals surface area (Å²) in [5, 5.41) is 21.0. The number of hydrogen-bond donors (Lipinski definition) is 2. The number of nitriles is 1. The van der Waals surface area contributed by atoms with Gasteiger partial charge in [-0.3, -0.25) is 4.79 Å². The minimum atomic E-state index is -0.757. The van der Waals surface area contributed by atoms with Crippen LogP contribution in [0.1, 0.15) is 31.2 Å². The number of nitrogens with one attached hydrogen (secondary N) is 1. The van der Waals surface area contributed by atoms with Crippen molar-refractivity contribution in [3.05, 3.63) is 28.8 Å². The molecule has 0 aromatic heterocycles. The number of nitrogens with zero attached hydrogens (tertiary/aromatic N) is 1. The molecule has 0 bridgehead atoms. The van der Waals surface area contributed by atoms with E-state index < -0.39 is 5.97 Å². The highest BCUT2D eigenvalue weighted by molar-refractivity contribution is 6.33. The minimum Gasteiger partial charge on any atom is -0.481 e. The number of anilines is 1. The van der Waals surface area contributed by atoms with Crippen molar-refractivity contribution in [2.24, 2.45) is 0 Å². The summed E-state index contributed by atoms with van der Waals surface area (Å²) in [6.07, 6.45) is 2.63. The molecule has 0 amide bonds. The van der Waals surface area contributed by atoms with Gasteiger partial charge in [0.15, 0.2) is 0 Å². The van der Waals surface area contributed by atoms with E-state index in [1.165, 1.54) is 0 Å². The van der Waals surface area contributed by atoms with E-state index in [1.807, 2.05) is 0 Å². The Balaban J connectivity index is 2.31. The Morgan fingerprint density at radius 1 is 1.39 bits per heavy atom. The molecule has 1 aromatic rings. The van der Waals surface area contributed by atoms with Crippen LogP contribution in [0, 0.1) is 11.3 Å². The summed E-state index contributed by atoms with van der Waals surface area (Å²) in [5.41, 5.74) is 1.31. The Bertz CT molecular complexity index is 455. The molecule has 1 rings (SSSR count). The van der Waals surface area contributed by atoms with Gasteiger partial charge in [-0.1, -0.05) is 18.0 Å². The van der Waals surface area contributed by atoms with Crippen molar-refractivity contribution in [1.82, 2.24) is 0 Å². The minimum absolute atomic E-state index is 0.213. The molecule has 18 heavy (non-hydrogen) atoms. The summed E-state index contributed by atoms with van der Waals surface area (Å²) in [6, 6.07) is 7.12. The van der Waals surface area contributed by atoms with Crippen molar-refractivity contribution in [3.8, 4) is 6.07 Å². The van der Waals surface area contributed by atoms with Gasteiger partial charge in [-0.25, -0.2) is 0 Å². The van der Waals surface area contributed by atoms with Gasteiger partial charge in [0.25, 0.3) is 0 Å². The number of aliphatic carboxylic acids is 1. The number of carboxylic acid groups (broad SMARTS) is 1. The summed E-state index contributed by atoms with van der Waals surface area (Å²) < 4.78 is 0. The number of benzene rings is 1. The van der Waals surface area contributed by atoms with E-state index in [0.717, 1.165) is 18.5 Å². The summed E-state index contributed by atoms with van der Waals surface area (Å²) >= 11 is 5.99. The van der Waals surface area contributed by atoms with Crippen LogP contribution in [0.25, 0.3) is 0 Å². The molecule has 0 aliphatic carbocycles. The van der Waals surface area contributed by atoms with Crippen LogP contribution in [-0.4, -0.2) is 17.6 Å². The Morgan fingerprint density at radius 3 is 2.83 bits per heavy atom. The van der Waals surface area contributed by atoms with Crippen LogP contribution in [0.2, 0.25) is 5.02 Å². The maximum absolute atomic E-state index is 10.3. The number of halogens is 1. The van der Waals surface area contributed by atoms with E-state index in [1.54, 1.807) is 18.2 Å². The number of hydrogen-bond acceptors (Lipinski definition) is 3. The SMILES string of the molecule is N#Cc1ccc(Cl)c(NCCCCCC(=O)O)c1. The quantitative estimate of drug-likeness (QED) is 0.743. The third-order valence-electron chi connectivity index (χ3n) is 2.48. The Kier molecular flexibility index (Phi) is 6.03. The molecule has 2 N–H and O–H groups in total. The van der Waals surface area contributed by atoms with Crippen molar-refractivity contribution in [2.75, 3.05) is 11.9 Å². The lowest BCUT2D eigenvalue weighted by Gasteiger charge is -2.08. The van der Waals surface area contributed by atoms with Crippen LogP contribution >= 0.6 is 11.6 Å². The average molecular weight is 267 g/mol. The van der Waals surface area contributed by atoms with E-state index in [0.29, 0.717) is 23.6 Å². The number of rotatable bonds is 7. The number of carboxylic acids is 1. The molecular formula is C13H15ClN2O2. The second kappa shape index (κ2) is 7.57. The second-order valence-corrected chi connectivity index (χ2v) is 4.34. The van der Waals surface area contributed by atoms with E-state index in [2.05, 4.69) is 11.4 Å². The molecule has 1 aromatic carbocycles. The fourth-order valence-electron chi connectivity index (χ4n) is 1.53. The largest absolute Gasteiger partial charge is 0.481 e. The predicted molar refractivity (Wildman–Crippen MR) is 70.8 cm³/mol. The first-order valence-electron chi connectivity index (χ1n) is 5.79. The molecule has 5 heteroatoms. The van der Waals surface area contributed by atoms with Gasteiger partial charge in [0.2, 0.25) is 0 Å². The zero-order valence-electron chi connectivity index (χ0n) is 9.95. The van der Waals surface area contributed by atoms with E-state index in [9.17, 15) is 4.79 Å². The van der Waals surface area contributed by atoms with Crippen LogP contribution in [0.3, 0.4) is 0 Å². The third kappa shape index (κ3) is 5.07. The summed E-state index contributed by atoms with van der Waals surface area (Å²) in [5.74, 6) is -0.757. The van der Waals surface area contributed by atoms with Crippen molar-refractivity contribution in [1.29, 1.82) is 5.26 Å². The molecule has 0 fully saturated rings. The van der Waals surface area contributed by atoms with E-state index in [-0.39, 0.29) is 6.42 Å². The van der Waals surface area contributed by atoms with Gasteiger partial charge in [0.05, 0.1) is 22.3 Å². The van der Waals surface area contributed by atoms with Gasteiger partial charge in [0.1, 0.15) is 0 Å². The van der Waals surface area contributed by atoms with Crippen LogP contribution in [0.4, 0.5) is 5.69 Å². The lowest BCUT2D eigenvalue weighted by atomic mass is 10.2. The first-order chi connectivity index (χ1) is 8.63. The second-order valence-electron chi connectivity index (χ2n) is 3.94. The lowest BCUT2D eigenvalue weighted by Crippen LogP contribution is -2.03. The third-order valence-corrected chi connectivity index (χ3v) is 2.81. The topological polar surface area (TPSA) is 73.1 Å². The molecule has 0 saturated heterocycles. The number of unbranched alkanes of at least 4 members (excludes halogenated alkanes) is 2. The predicted octanol–water partition coefficient (Wildman–Crippen LogP) is 3.27. The maximum Gasteiger partial charge on any atom is 0.303 e. The van der Waals surface area contributed by atoms with Gasteiger partial charge in [0, 0.05) is 13.0 Å². The zero-order valence-corrected chi connectivity index (χ0v) is 10.7. The maximum atomic E-state index is 10.3. The van der Waals surface area contributed by atoms with E-state index in [4.69, 9.17) is 22.0 Å². The molecule has 0 heterocycles. The molecule has 0 aliphatic heterocycles. The van der Waals surface area contributed by atoms with Crippen LogP contribution in [0.5, 0.6) is 0 Å². The van der Waals surface area contributed by atoms with Crippen molar-refractivity contribution < 1.29 is 9.90 Å². The highest BCUT2D eigenvalue weighted by Crippen LogP contribution is 2.22. The normalized spacial score (nSPS) is 9.78. The van der Waals surface area contributed by atoms with Crippen LogP contribution in [-0.2, 0) is 4.79 Å². The van der Waals surface area contributed by atoms with Crippen molar-refractivity contribution >= 4 is 23.3 Å². The Morgan fingerprint density at radius 2 is 2.17 bits per heavy atom. The van der Waals surface area contributed by atoms with Gasteiger partial charge in [-0.05, 0) is 31.0 Å². The van der Waals surface area contributed by atoms with Crippen molar-refractivity contribution in [3.63, 3.8) is 0 Å². The molecule has 0 atom stereocenters. The standard InChI is InChI=1S/C13H15ClN2O2/c14-11-6-5-10(9-15)8-12(11)16-7-3-1-2-4-13(17)18/h5-6,8,16H,1-4,7H2,(H,17,18). The molecule has 0 unspecified atom stereocenters. The molecular weight excluding hydrogens is 252 g/mol. The Labute approximate surface area is 111 Å². The fraction of sp³-hybridized carbons (Fsp3) is 0.385. The fourth-order valence-corrected chi connectivity index (χ4v) is 1.72. The van der Waals surface area contributed by atoms with Crippen molar-refractivity contribution in [2.45, 2.75) is 25.7 Å². The first kappa shape index (κ1) is 14.3. The molecule has 0 saturated carbocycles. The lowest BCUT2D eigenvalue weighted by molar-refractivity contribution is -0.137. The van der Waals surface area contributed by atoms with E-state index >= 15 is 0 Å². The highest BCUT2D eigenvalue weighted by Gasteiger charge is 2.01. The molecule has 96 valence electrons. The number of carbonyl (C=O) groups is 1. The first-order valence-corrected chi connectivity index (χ1v) is 6.16. The highest BCUT2D eigenvalue weighted by atomic mass is 35.5. The average Bonchev–Trinajstić information content (AvgIpc) is 2.35. The molecule has 0 aliphatic rings. The van der Waals surface area contributed by atoms with Crippen LogP contribution in [0.15, 0.2) is 18.2 Å². The monoisotopic (exact) mass is 266 g/mol. The van der Waals surface area contributed by atoms with Gasteiger partial charge in [-0.2, -0.15) is 5.26 Å². The summed E-state index contributed by atoms with van der Waals surface area (Å²) in [7, 11) is 0. The molecule has 0 radical (unpaired) electrons. The Hall–Kier alpha value is -1.73. The molecule has 4 nitrogen and oxygen atoms in total. The summed E-state index contributed by atoms with van der Waals surface area (Å²) in [4.78, 5) is 10.3. The zero-order chi connectivity index (χ0) is 13.4. The van der Waals surface area contributed by atoms with Crippen LogP contribution < -0.4 is 5.32 Å². The van der Waals surface area contributed by atoms with Gasteiger partial charge >= 0.3 is 5.97 Å². The van der Waals surface area contributed by atoms with Gasteiger partial charge < -0.3 is 10.4 Å². The van der Waals surface area contributed by atoms with Gasteiger partial charge in [-0.15, -0.1) is 0 Å².